The summed E-state index contributed by atoms with van der Waals surface area (Å²) >= 11 is 0. The maximum absolute atomic E-state index is 10.8. The van der Waals surface area contributed by atoms with Crippen LogP contribution in [0, 0.1) is 4.91 Å². The van der Waals surface area contributed by atoms with Crippen molar-refractivity contribution in [3.05, 3.63) is 17.1 Å². The second-order valence-electron chi connectivity index (χ2n) is 3.26. The molecule has 0 aliphatic heterocycles. The normalized spacial score (nSPS) is 10.6. The Morgan fingerprint density at radius 2 is 2.08 bits per heavy atom. The van der Waals surface area contributed by atoms with E-state index in [-0.39, 0.29) is 6.61 Å². The molecule has 0 unspecified atom stereocenters. The van der Waals surface area contributed by atoms with Crippen LogP contribution in [0.2, 0.25) is 0 Å². The molecule has 4 nitrogen and oxygen atoms in total. The van der Waals surface area contributed by atoms with Gasteiger partial charge in [0.15, 0.2) is 0 Å². The van der Waals surface area contributed by atoms with Gasteiger partial charge in [0.25, 0.3) is 0 Å². The van der Waals surface area contributed by atoms with E-state index >= 15 is 0 Å². The van der Waals surface area contributed by atoms with Crippen LogP contribution in [0.15, 0.2) is 17.3 Å². The predicted octanol–water partition coefficient (Wildman–Crippen LogP) is 1.65. The Kier molecular flexibility index (Phi) is 3.60. The van der Waals surface area contributed by atoms with E-state index in [0.717, 1.165) is 0 Å². The first-order chi connectivity index (χ1) is 5.39. The monoisotopic (exact) mass is 171 g/mol. The highest BCUT2D eigenvalue weighted by Gasteiger charge is 2.20. The average molecular weight is 171 g/mol. The van der Waals surface area contributed by atoms with Crippen LogP contribution >= 0.6 is 0 Å². The van der Waals surface area contributed by atoms with E-state index in [2.05, 4.69) is 11.8 Å². The lowest BCUT2D eigenvalue weighted by Gasteiger charge is -2.14. The number of esters is 1. The van der Waals surface area contributed by atoms with Crippen molar-refractivity contribution in [1.82, 2.24) is 0 Å². The molecule has 0 atom stereocenters. The van der Waals surface area contributed by atoms with Gasteiger partial charge in [-0.3, -0.25) is 0 Å². The highest BCUT2D eigenvalue weighted by molar-refractivity contribution is 5.86. The topological polar surface area (TPSA) is 55.7 Å². The largest absolute Gasteiger partial charge is 0.460 e. The number of hydrogen-bond donors (Lipinski definition) is 0. The van der Waals surface area contributed by atoms with Crippen LogP contribution in [0.4, 0.5) is 0 Å². The average Bonchev–Trinajstić information content (AvgIpc) is 2.00. The Morgan fingerprint density at radius 3 is 2.42 bits per heavy atom. The van der Waals surface area contributed by atoms with Gasteiger partial charge in [-0.25, -0.2) is 4.79 Å². The van der Waals surface area contributed by atoms with Crippen molar-refractivity contribution in [1.29, 1.82) is 0 Å². The molecule has 0 saturated heterocycles. The minimum absolute atomic E-state index is 0.0117. The summed E-state index contributed by atoms with van der Waals surface area (Å²) in [6.07, 6.45) is 0. The maximum Gasteiger partial charge on any atom is 0.333 e. The highest BCUT2D eigenvalue weighted by atomic mass is 16.5. The molecule has 0 spiro atoms. The second kappa shape index (κ2) is 3.99. The summed E-state index contributed by atoms with van der Waals surface area (Å²) in [5.41, 5.74) is -0.540. The Morgan fingerprint density at radius 1 is 1.58 bits per heavy atom. The molecule has 0 bridgehead atoms. The van der Waals surface area contributed by atoms with E-state index in [1.807, 2.05) is 0 Å². The van der Waals surface area contributed by atoms with Crippen LogP contribution in [0.1, 0.15) is 20.8 Å². The summed E-state index contributed by atoms with van der Waals surface area (Å²) in [6.45, 7) is 8.11. The van der Waals surface area contributed by atoms with Gasteiger partial charge in [-0.2, -0.15) is 4.91 Å². The van der Waals surface area contributed by atoms with Crippen molar-refractivity contribution in [2.45, 2.75) is 26.3 Å². The van der Waals surface area contributed by atoms with Crippen LogP contribution in [-0.4, -0.2) is 18.1 Å². The fourth-order valence-corrected chi connectivity index (χ4v) is 0.392. The zero-order chi connectivity index (χ0) is 9.78. The second-order valence-corrected chi connectivity index (χ2v) is 3.26. The lowest BCUT2D eigenvalue weighted by atomic mass is 10.1. The van der Waals surface area contributed by atoms with Gasteiger partial charge in [0, 0.05) is 5.57 Å². The molecule has 68 valence electrons. The molecule has 0 rings (SSSR count). The van der Waals surface area contributed by atoms with E-state index in [0.29, 0.717) is 5.57 Å². The molecule has 12 heavy (non-hydrogen) atoms. The number of carbonyl (C=O) groups is 1. The molecule has 0 radical (unpaired) electrons. The summed E-state index contributed by atoms with van der Waals surface area (Å²) in [7, 11) is 0. The number of carbonyl (C=O) groups excluding carboxylic acids is 1. The number of nitroso groups, excluding NO2 is 1. The molecule has 0 aliphatic carbocycles. The maximum atomic E-state index is 10.8. The molecule has 0 heterocycles. The van der Waals surface area contributed by atoms with E-state index in [4.69, 9.17) is 4.74 Å². The van der Waals surface area contributed by atoms with Gasteiger partial charge in [0.2, 0.25) is 0 Å². The highest BCUT2D eigenvalue weighted by Crippen LogP contribution is 2.09. The number of ether oxygens (including phenoxy) is 1. The molecule has 0 N–H and O–H groups in total. The summed E-state index contributed by atoms with van der Waals surface area (Å²) in [5.74, 6) is -0.494. The van der Waals surface area contributed by atoms with Gasteiger partial charge in [-0.15, -0.1) is 0 Å². The van der Waals surface area contributed by atoms with E-state index < -0.39 is 11.5 Å². The quantitative estimate of drug-likeness (QED) is 0.367. The van der Waals surface area contributed by atoms with E-state index in [9.17, 15) is 9.70 Å². The molecule has 0 aromatic rings. The van der Waals surface area contributed by atoms with Crippen molar-refractivity contribution in [2.75, 3.05) is 6.61 Å². The molecular weight excluding hydrogens is 158 g/mol. The van der Waals surface area contributed by atoms with Crippen molar-refractivity contribution in [2.24, 2.45) is 5.18 Å². The zero-order valence-corrected chi connectivity index (χ0v) is 7.59. The van der Waals surface area contributed by atoms with Gasteiger partial charge < -0.3 is 4.74 Å². The SMILES string of the molecule is C=C(C)C(=O)OCC(C)(C)N=O. The number of hydrogen-bond acceptors (Lipinski definition) is 4. The standard InChI is InChI=1S/C8H13NO3/c1-6(2)7(10)12-5-8(3,4)9-11/h1,5H2,2-4H3. The Balaban J connectivity index is 3.91. The van der Waals surface area contributed by atoms with Crippen LogP contribution in [0.5, 0.6) is 0 Å². The fourth-order valence-electron chi connectivity index (χ4n) is 0.392. The van der Waals surface area contributed by atoms with Crippen LogP contribution < -0.4 is 0 Å². The minimum atomic E-state index is -0.856. The first kappa shape index (κ1) is 10.8. The third-order valence-electron chi connectivity index (χ3n) is 1.15. The molecule has 0 saturated carbocycles. The van der Waals surface area contributed by atoms with Crippen LogP contribution in [-0.2, 0) is 9.53 Å². The van der Waals surface area contributed by atoms with Crippen molar-refractivity contribution < 1.29 is 9.53 Å². The molecule has 0 aromatic heterocycles. The predicted molar refractivity (Wildman–Crippen MR) is 45.6 cm³/mol. The summed E-state index contributed by atoms with van der Waals surface area (Å²) in [6, 6.07) is 0. The van der Waals surface area contributed by atoms with Crippen molar-refractivity contribution >= 4 is 5.97 Å². The third-order valence-corrected chi connectivity index (χ3v) is 1.15. The Hall–Kier alpha value is -1.19. The van der Waals surface area contributed by atoms with Gasteiger partial charge in [-0.1, -0.05) is 11.8 Å². The van der Waals surface area contributed by atoms with Crippen LogP contribution in [0.25, 0.3) is 0 Å². The molecule has 0 aliphatic rings. The summed E-state index contributed by atoms with van der Waals surface area (Å²) in [5, 5.41) is 2.79. The summed E-state index contributed by atoms with van der Waals surface area (Å²) < 4.78 is 4.73. The number of rotatable bonds is 4. The molecule has 4 heteroatoms. The van der Waals surface area contributed by atoms with E-state index in [1.165, 1.54) is 0 Å². The number of nitrogens with zero attached hydrogens (tertiary/aromatic N) is 1. The fraction of sp³-hybridized carbons (Fsp3) is 0.625. The lowest BCUT2D eigenvalue weighted by Crippen LogP contribution is -2.25. The zero-order valence-electron chi connectivity index (χ0n) is 7.59. The Bertz CT molecular complexity index is 208. The molecule has 0 aromatic carbocycles. The van der Waals surface area contributed by atoms with E-state index in [1.54, 1.807) is 20.8 Å². The van der Waals surface area contributed by atoms with Gasteiger partial charge in [0.1, 0.15) is 12.1 Å². The minimum Gasteiger partial charge on any atom is -0.460 e. The van der Waals surface area contributed by atoms with Crippen molar-refractivity contribution in [3.8, 4) is 0 Å². The first-order valence-corrected chi connectivity index (χ1v) is 3.56. The Labute approximate surface area is 71.6 Å². The first-order valence-electron chi connectivity index (χ1n) is 3.56. The molecule has 0 fully saturated rings. The molecule has 0 amide bonds. The van der Waals surface area contributed by atoms with Gasteiger partial charge in [-0.05, 0) is 20.8 Å². The molecular formula is C8H13NO3. The smallest absolute Gasteiger partial charge is 0.333 e. The van der Waals surface area contributed by atoms with Crippen molar-refractivity contribution in [3.63, 3.8) is 0 Å². The van der Waals surface area contributed by atoms with Gasteiger partial charge >= 0.3 is 5.97 Å². The third kappa shape index (κ3) is 3.85. The van der Waals surface area contributed by atoms with Gasteiger partial charge in [0.05, 0.1) is 0 Å². The summed E-state index contributed by atoms with van der Waals surface area (Å²) in [4.78, 5) is 21.0. The van der Waals surface area contributed by atoms with Crippen LogP contribution in [0.3, 0.4) is 0 Å². The lowest BCUT2D eigenvalue weighted by molar-refractivity contribution is -0.140.